The molecule has 94 valence electrons. The summed E-state index contributed by atoms with van der Waals surface area (Å²) in [7, 11) is 0. The van der Waals surface area contributed by atoms with Crippen LogP contribution < -0.4 is 0 Å². The Hall–Kier alpha value is -1.06. The van der Waals surface area contributed by atoms with Crippen LogP contribution in [-0.4, -0.2) is 23.1 Å². The summed E-state index contributed by atoms with van der Waals surface area (Å²) in [5.41, 5.74) is 0. The van der Waals surface area contributed by atoms with Gasteiger partial charge in [-0.15, -0.1) is 0 Å². The van der Waals surface area contributed by atoms with Crippen molar-refractivity contribution in [1.29, 1.82) is 0 Å². The molecule has 0 bridgehead atoms. The van der Waals surface area contributed by atoms with Crippen molar-refractivity contribution in [2.24, 2.45) is 0 Å². The highest BCUT2D eigenvalue weighted by Gasteiger charge is 2.19. The smallest absolute Gasteiger partial charge is 0.345 e. The number of hydrogen-bond acceptors (Lipinski definition) is 3. The second-order valence-electron chi connectivity index (χ2n) is 3.89. The van der Waals surface area contributed by atoms with Crippen LogP contribution in [0.3, 0.4) is 0 Å². The fourth-order valence-corrected chi connectivity index (χ4v) is 1.40. The van der Waals surface area contributed by atoms with Crippen LogP contribution in [0.2, 0.25) is 0 Å². The van der Waals surface area contributed by atoms with Crippen molar-refractivity contribution in [3.63, 3.8) is 0 Å². The van der Waals surface area contributed by atoms with Gasteiger partial charge in [-0.1, -0.05) is 39.5 Å². The van der Waals surface area contributed by atoms with E-state index >= 15 is 0 Å². The van der Waals surface area contributed by atoms with Gasteiger partial charge in [0.2, 0.25) is 0 Å². The minimum atomic E-state index is -1.07. The van der Waals surface area contributed by atoms with Crippen molar-refractivity contribution in [2.75, 3.05) is 0 Å². The average molecular weight is 230 g/mol. The predicted molar refractivity (Wildman–Crippen MR) is 61.2 cm³/mol. The summed E-state index contributed by atoms with van der Waals surface area (Å²) < 4.78 is 4.83. The third kappa shape index (κ3) is 7.26. The van der Waals surface area contributed by atoms with Crippen LogP contribution in [0.25, 0.3) is 0 Å². The molecular weight excluding hydrogens is 208 g/mol. The Balaban J connectivity index is 3.61. The minimum absolute atomic E-state index is 0.316. The molecule has 0 aromatic heterocycles. The molecule has 0 heterocycles. The maximum absolute atomic E-state index is 11.3. The average Bonchev–Trinajstić information content (AvgIpc) is 2.25. The zero-order valence-electron chi connectivity index (χ0n) is 10.2. The van der Waals surface area contributed by atoms with E-state index < -0.39 is 18.0 Å². The van der Waals surface area contributed by atoms with Gasteiger partial charge in [-0.3, -0.25) is 4.79 Å². The van der Waals surface area contributed by atoms with E-state index in [1.807, 2.05) is 0 Å². The number of esters is 1. The first-order valence-electron chi connectivity index (χ1n) is 6.04. The Morgan fingerprint density at radius 3 is 2.25 bits per heavy atom. The van der Waals surface area contributed by atoms with Gasteiger partial charge in [0.05, 0.1) is 0 Å². The van der Waals surface area contributed by atoms with Crippen molar-refractivity contribution in [3.8, 4) is 0 Å². The molecule has 16 heavy (non-hydrogen) atoms. The van der Waals surface area contributed by atoms with Gasteiger partial charge in [0.1, 0.15) is 0 Å². The normalized spacial score (nSPS) is 12.1. The highest BCUT2D eigenvalue weighted by molar-refractivity contribution is 5.77. The van der Waals surface area contributed by atoms with Crippen molar-refractivity contribution in [3.05, 3.63) is 0 Å². The quantitative estimate of drug-likeness (QED) is 0.488. The van der Waals surface area contributed by atoms with Gasteiger partial charge in [0.15, 0.2) is 6.10 Å². The van der Waals surface area contributed by atoms with Crippen LogP contribution in [0.5, 0.6) is 0 Å². The number of hydrogen-bond donors (Lipinski definition) is 1. The van der Waals surface area contributed by atoms with Crippen LogP contribution in [0.4, 0.5) is 0 Å². The highest BCUT2D eigenvalue weighted by Crippen LogP contribution is 2.07. The SMILES string of the molecule is CCCCCCCC(=O)OC(CC)C(=O)O. The van der Waals surface area contributed by atoms with Crippen molar-refractivity contribution >= 4 is 11.9 Å². The monoisotopic (exact) mass is 230 g/mol. The lowest BCUT2D eigenvalue weighted by Crippen LogP contribution is -2.26. The van der Waals surface area contributed by atoms with Gasteiger partial charge >= 0.3 is 11.9 Å². The number of carboxylic acids is 1. The van der Waals surface area contributed by atoms with E-state index in [1.165, 1.54) is 12.8 Å². The van der Waals surface area contributed by atoms with E-state index in [2.05, 4.69) is 6.92 Å². The maximum Gasteiger partial charge on any atom is 0.345 e. The number of aliphatic carboxylic acids is 1. The molecule has 4 heteroatoms. The molecule has 0 radical (unpaired) electrons. The fourth-order valence-electron chi connectivity index (χ4n) is 1.40. The largest absolute Gasteiger partial charge is 0.479 e. The molecule has 0 saturated heterocycles. The molecule has 1 atom stereocenters. The molecule has 0 spiro atoms. The van der Waals surface area contributed by atoms with E-state index in [0.29, 0.717) is 12.8 Å². The van der Waals surface area contributed by atoms with Crippen LogP contribution in [0.1, 0.15) is 58.8 Å². The molecule has 1 N–H and O–H groups in total. The van der Waals surface area contributed by atoms with Gasteiger partial charge in [-0.05, 0) is 12.8 Å². The lowest BCUT2D eigenvalue weighted by atomic mass is 10.1. The molecule has 0 aliphatic heterocycles. The van der Waals surface area contributed by atoms with Gasteiger partial charge in [0, 0.05) is 6.42 Å². The van der Waals surface area contributed by atoms with Crippen LogP contribution in [-0.2, 0) is 14.3 Å². The molecular formula is C12H22O4. The zero-order chi connectivity index (χ0) is 12.4. The Morgan fingerprint density at radius 2 is 1.75 bits per heavy atom. The number of ether oxygens (including phenoxy) is 1. The summed E-state index contributed by atoms with van der Waals surface area (Å²) in [5, 5.41) is 8.69. The van der Waals surface area contributed by atoms with Crippen LogP contribution in [0, 0.1) is 0 Å². The maximum atomic E-state index is 11.3. The number of carbonyl (C=O) groups is 2. The Bertz CT molecular complexity index is 213. The van der Waals surface area contributed by atoms with Gasteiger partial charge in [-0.2, -0.15) is 0 Å². The Morgan fingerprint density at radius 1 is 1.12 bits per heavy atom. The third-order valence-electron chi connectivity index (χ3n) is 2.40. The zero-order valence-corrected chi connectivity index (χ0v) is 10.2. The van der Waals surface area contributed by atoms with E-state index in [-0.39, 0.29) is 0 Å². The molecule has 0 aliphatic carbocycles. The summed E-state index contributed by atoms with van der Waals surface area (Å²) in [6.45, 7) is 3.82. The molecule has 0 aromatic rings. The Kier molecular flexibility index (Phi) is 8.58. The molecule has 0 amide bonds. The standard InChI is InChI=1S/C12H22O4/c1-3-5-6-7-8-9-11(13)16-10(4-2)12(14)15/h10H,3-9H2,1-2H3,(H,14,15). The fraction of sp³-hybridized carbons (Fsp3) is 0.833. The summed E-state index contributed by atoms with van der Waals surface area (Å²) in [5.74, 6) is -1.47. The predicted octanol–water partition coefficient (Wildman–Crippen LogP) is 2.75. The van der Waals surface area contributed by atoms with Crippen molar-refractivity contribution < 1.29 is 19.4 Å². The second-order valence-corrected chi connectivity index (χ2v) is 3.89. The molecule has 1 unspecified atom stereocenters. The van der Waals surface area contributed by atoms with E-state index in [1.54, 1.807) is 6.92 Å². The summed E-state index contributed by atoms with van der Waals surface area (Å²) in [4.78, 5) is 21.9. The third-order valence-corrected chi connectivity index (χ3v) is 2.40. The van der Waals surface area contributed by atoms with Gasteiger partial charge < -0.3 is 9.84 Å². The Labute approximate surface area is 97.0 Å². The number of carbonyl (C=O) groups excluding carboxylic acids is 1. The summed E-state index contributed by atoms with van der Waals surface area (Å²) in [6.07, 6.45) is 4.93. The van der Waals surface area contributed by atoms with Crippen LogP contribution in [0.15, 0.2) is 0 Å². The summed E-state index contributed by atoms with van der Waals surface area (Å²) >= 11 is 0. The van der Waals surface area contributed by atoms with Crippen molar-refractivity contribution in [2.45, 2.75) is 64.9 Å². The van der Waals surface area contributed by atoms with E-state index in [0.717, 1.165) is 19.3 Å². The molecule has 0 rings (SSSR count). The molecule has 0 fully saturated rings. The first-order valence-corrected chi connectivity index (χ1v) is 6.04. The van der Waals surface area contributed by atoms with Crippen LogP contribution >= 0.6 is 0 Å². The second kappa shape index (κ2) is 9.19. The van der Waals surface area contributed by atoms with Gasteiger partial charge in [0.25, 0.3) is 0 Å². The van der Waals surface area contributed by atoms with E-state index in [4.69, 9.17) is 9.84 Å². The molecule has 0 aromatic carbocycles. The van der Waals surface area contributed by atoms with Crippen molar-refractivity contribution in [1.82, 2.24) is 0 Å². The first-order chi connectivity index (χ1) is 7.61. The lowest BCUT2D eigenvalue weighted by molar-refractivity contribution is -0.164. The first kappa shape index (κ1) is 14.9. The number of rotatable bonds is 9. The number of carboxylic acid groups (broad SMARTS) is 1. The topological polar surface area (TPSA) is 63.6 Å². The number of unbranched alkanes of at least 4 members (excludes halogenated alkanes) is 4. The molecule has 4 nitrogen and oxygen atoms in total. The minimum Gasteiger partial charge on any atom is -0.479 e. The molecule has 0 saturated carbocycles. The summed E-state index contributed by atoms with van der Waals surface area (Å²) in [6, 6.07) is 0. The van der Waals surface area contributed by atoms with E-state index in [9.17, 15) is 9.59 Å². The molecule has 0 aliphatic rings. The highest BCUT2D eigenvalue weighted by atomic mass is 16.6. The van der Waals surface area contributed by atoms with Gasteiger partial charge in [-0.25, -0.2) is 4.79 Å². The lowest BCUT2D eigenvalue weighted by Gasteiger charge is -2.11.